The Morgan fingerprint density at radius 2 is 1.93 bits per heavy atom. The molecule has 4 N–H and O–H groups in total. The van der Waals surface area contributed by atoms with Gasteiger partial charge in [0.25, 0.3) is 5.91 Å². The highest BCUT2D eigenvalue weighted by atomic mass is 16.2. The molecule has 3 aromatic rings. The molecule has 0 spiro atoms. The van der Waals surface area contributed by atoms with E-state index in [9.17, 15) is 4.79 Å². The molecule has 0 saturated carbocycles. The largest absolute Gasteiger partial charge is 0.400 e. The first-order chi connectivity index (χ1) is 13.0. The predicted molar refractivity (Wildman–Crippen MR) is 110 cm³/mol. The lowest BCUT2D eigenvalue weighted by atomic mass is 10.1. The van der Waals surface area contributed by atoms with E-state index in [0.29, 0.717) is 17.4 Å². The molecule has 1 amide bonds. The van der Waals surface area contributed by atoms with Crippen molar-refractivity contribution in [1.29, 1.82) is 0 Å². The van der Waals surface area contributed by atoms with Crippen molar-refractivity contribution >= 4 is 28.6 Å². The molecular formula is C21H21N5O. The van der Waals surface area contributed by atoms with Crippen LogP contribution >= 0.6 is 0 Å². The van der Waals surface area contributed by atoms with Crippen LogP contribution in [-0.2, 0) is 4.79 Å². The predicted octanol–water partition coefficient (Wildman–Crippen LogP) is 3.68. The van der Waals surface area contributed by atoms with Crippen LogP contribution < -0.4 is 11.1 Å². The van der Waals surface area contributed by atoms with E-state index >= 15 is 0 Å². The van der Waals surface area contributed by atoms with Crippen LogP contribution in [0.3, 0.4) is 0 Å². The number of nitrogens with one attached hydrogen (secondary N) is 2. The average Bonchev–Trinajstić information content (AvgIpc) is 3.05. The number of fused-ring (bicyclic) bond motifs is 1. The number of allylic oxidation sites excluding steroid dienone is 2. The topological polar surface area (TPSA) is 96.2 Å². The molecule has 6 nitrogen and oxygen atoms in total. The van der Waals surface area contributed by atoms with Crippen molar-refractivity contribution in [1.82, 2.24) is 9.97 Å². The number of para-hydroxylation sites is 2. The van der Waals surface area contributed by atoms with Crippen LogP contribution in [0.15, 0.2) is 77.6 Å². The Labute approximate surface area is 157 Å². The summed E-state index contributed by atoms with van der Waals surface area (Å²) in [5.41, 5.74) is 10.5. The third-order valence-electron chi connectivity index (χ3n) is 3.98. The molecule has 2 aromatic carbocycles. The quantitative estimate of drug-likeness (QED) is 0.479. The summed E-state index contributed by atoms with van der Waals surface area (Å²) in [7, 11) is 0. The Morgan fingerprint density at radius 3 is 2.56 bits per heavy atom. The van der Waals surface area contributed by atoms with Gasteiger partial charge in [-0.25, -0.2) is 9.98 Å². The average molecular weight is 359 g/mol. The fourth-order valence-corrected chi connectivity index (χ4v) is 2.57. The Hall–Kier alpha value is -3.67. The number of aryl methyl sites for hydroxylation is 1. The number of aliphatic imine (C=N–C) groups is 1. The van der Waals surface area contributed by atoms with Gasteiger partial charge in [-0.2, -0.15) is 0 Å². The van der Waals surface area contributed by atoms with E-state index in [2.05, 4.69) is 26.9 Å². The number of aromatic nitrogens is 2. The highest BCUT2D eigenvalue weighted by Crippen LogP contribution is 2.15. The number of nitrogens with two attached hydrogens (primary N) is 1. The number of anilines is 1. The van der Waals surface area contributed by atoms with Crippen LogP contribution in [0.5, 0.6) is 0 Å². The molecule has 0 aliphatic carbocycles. The van der Waals surface area contributed by atoms with Crippen molar-refractivity contribution in [2.75, 3.05) is 5.32 Å². The van der Waals surface area contributed by atoms with Crippen molar-refractivity contribution in [3.8, 4) is 0 Å². The molecule has 1 aromatic heterocycles. The molecule has 0 aliphatic heterocycles. The second-order valence-corrected chi connectivity index (χ2v) is 6.16. The van der Waals surface area contributed by atoms with Crippen molar-refractivity contribution in [3.63, 3.8) is 0 Å². The monoisotopic (exact) mass is 359 g/mol. The zero-order valence-corrected chi connectivity index (χ0v) is 15.3. The first kappa shape index (κ1) is 18.1. The van der Waals surface area contributed by atoms with Crippen LogP contribution in [0.25, 0.3) is 11.0 Å². The number of H-pyrrole nitrogens is 1. The maximum Gasteiger partial charge on any atom is 0.278 e. The molecule has 0 bridgehead atoms. The minimum Gasteiger partial charge on any atom is -0.400 e. The Bertz CT molecular complexity index is 1020. The summed E-state index contributed by atoms with van der Waals surface area (Å²) in [5.74, 6) is -0.105. The molecule has 0 fully saturated rings. The first-order valence-electron chi connectivity index (χ1n) is 8.48. The van der Waals surface area contributed by atoms with E-state index in [1.54, 1.807) is 13.0 Å². The summed E-state index contributed by atoms with van der Waals surface area (Å²) in [4.78, 5) is 24.6. The second kappa shape index (κ2) is 7.70. The van der Waals surface area contributed by atoms with Crippen molar-refractivity contribution in [2.45, 2.75) is 13.8 Å². The molecule has 0 unspecified atom stereocenters. The number of hydrogen-bond acceptors (Lipinski definition) is 4. The van der Waals surface area contributed by atoms with E-state index in [1.807, 2.05) is 55.5 Å². The Balaban J connectivity index is 1.90. The lowest BCUT2D eigenvalue weighted by Gasteiger charge is -2.08. The number of carbonyl (C=O) groups is 1. The van der Waals surface area contributed by atoms with Crippen molar-refractivity contribution < 1.29 is 4.79 Å². The number of carbonyl (C=O) groups excluding carboxylic acids is 1. The van der Waals surface area contributed by atoms with Gasteiger partial charge in [-0.3, -0.25) is 10.1 Å². The summed E-state index contributed by atoms with van der Waals surface area (Å²) in [6.45, 7) is 7.44. The Kier molecular flexibility index (Phi) is 5.17. The molecule has 0 saturated heterocycles. The fourth-order valence-electron chi connectivity index (χ4n) is 2.57. The number of hydrogen-bond donors (Lipinski definition) is 3. The summed E-state index contributed by atoms with van der Waals surface area (Å²) in [5, 5.41) is 2.72. The van der Waals surface area contributed by atoms with Gasteiger partial charge in [0.05, 0.1) is 16.7 Å². The lowest BCUT2D eigenvalue weighted by Crippen LogP contribution is -2.18. The van der Waals surface area contributed by atoms with E-state index in [-0.39, 0.29) is 5.70 Å². The number of amides is 1. The third kappa shape index (κ3) is 4.12. The van der Waals surface area contributed by atoms with E-state index in [0.717, 1.165) is 22.2 Å². The van der Waals surface area contributed by atoms with Crippen molar-refractivity contribution in [2.24, 2.45) is 10.7 Å². The van der Waals surface area contributed by atoms with Crippen LogP contribution in [0.4, 0.5) is 5.95 Å². The lowest BCUT2D eigenvalue weighted by molar-refractivity contribution is -0.113. The van der Waals surface area contributed by atoms with Crippen LogP contribution in [-0.4, -0.2) is 21.6 Å². The molecular weight excluding hydrogens is 338 g/mol. The number of nitrogens with zero attached hydrogens (tertiary/aromatic N) is 2. The van der Waals surface area contributed by atoms with Crippen LogP contribution in [0, 0.1) is 6.92 Å². The standard InChI is InChI=1S/C21H21N5O/c1-4-16(15-11-9-13(2)10-12-15)23-19(14(3)22)20(27)26-21-24-17-7-5-6-8-18(17)25-21/h4-12H,1,22H2,2-3H3,(H2,24,25,26,27)/b19-14+,23-16?. The number of benzene rings is 2. The fraction of sp³-hybridized carbons (Fsp3) is 0.0952. The molecule has 0 atom stereocenters. The normalized spacial score (nSPS) is 12.6. The number of rotatable bonds is 5. The first-order valence-corrected chi connectivity index (χ1v) is 8.48. The van der Waals surface area contributed by atoms with Crippen LogP contribution in [0.2, 0.25) is 0 Å². The van der Waals surface area contributed by atoms with Gasteiger partial charge in [-0.1, -0.05) is 48.5 Å². The summed E-state index contributed by atoms with van der Waals surface area (Å²) in [6.07, 6.45) is 1.60. The smallest absolute Gasteiger partial charge is 0.278 e. The molecule has 136 valence electrons. The summed E-state index contributed by atoms with van der Waals surface area (Å²) >= 11 is 0. The molecule has 0 aliphatic rings. The van der Waals surface area contributed by atoms with Gasteiger partial charge in [0.2, 0.25) is 5.95 Å². The molecule has 6 heteroatoms. The van der Waals surface area contributed by atoms with E-state index < -0.39 is 5.91 Å². The second-order valence-electron chi connectivity index (χ2n) is 6.16. The van der Waals surface area contributed by atoms with E-state index in [1.165, 1.54) is 0 Å². The molecule has 3 rings (SSSR count). The summed E-state index contributed by atoms with van der Waals surface area (Å²) in [6, 6.07) is 15.3. The minimum absolute atomic E-state index is 0.117. The van der Waals surface area contributed by atoms with Gasteiger partial charge >= 0.3 is 0 Å². The van der Waals surface area contributed by atoms with Gasteiger partial charge in [0, 0.05) is 11.3 Å². The highest BCUT2D eigenvalue weighted by molar-refractivity contribution is 6.12. The zero-order chi connectivity index (χ0) is 19.4. The van der Waals surface area contributed by atoms with Gasteiger partial charge in [-0.05, 0) is 32.1 Å². The Morgan fingerprint density at radius 1 is 1.22 bits per heavy atom. The van der Waals surface area contributed by atoms with Gasteiger partial charge in [0.1, 0.15) is 5.70 Å². The van der Waals surface area contributed by atoms with Crippen molar-refractivity contribution in [3.05, 3.63) is 83.7 Å². The SMILES string of the molecule is C=CC(=N/C(C(=O)Nc1nc2ccccc2[nH]1)=C(\C)N)c1ccc(C)cc1. The summed E-state index contributed by atoms with van der Waals surface area (Å²) < 4.78 is 0. The number of imidazole rings is 1. The molecule has 1 heterocycles. The molecule has 27 heavy (non-hydrogen) atoms. The zero-order valence-electron chi connectivity index (χ0n) is 15.3. The van der Waals surface area contributed by atoms with Gasteiger partial charge in [-0.15, -0.1) is 0 Å². The van der Waals surface area contributed by atoms with E-state index in [4.69, 9.17) is 5.73 Å². The number of aromatic amines is 1. The maximum atomic E-state index is 12.7. The maximum absolute atomic E-state index is 12.7. The highest BCUT2D eigenvalue weighted by Gasteiger charge is 2.15. The third-order valence-corrected chi connectivity index (χ3v) is 3.98. The molecule has 0 radical (unpaired) electrons. The van der Waals surface area contributed by atoms with Gasteiger partial charge in [0.15, 0.2) is 0 Å². The van der Waals surface area contributed by atoms with Gasteiger partial charge < -0.3 is 10.7 Å². The minimum atomic E-state index is -0.444. The van der Waals surface area contributed by atoms with Crippen LogP contribution in [0.1, 0.15) is 18.1 Å².